The quantitative estimate of drug-likeness (QED) is 0.892. The third-order valence-electron chi connectivity index (χ3n) is 3.04. The minimum atomic E-state index is -3.62. The molecule has 0 saturated heterocycles. The Morgan fingerprint density at radius 3 is 2.56 bits per heavy atom. The van der Waals surface area contributed by atoms with Gasteiger partial charge in [-0.25, -0.2) is 0 Å². The lowest BCUT2D eigenvalue weighted by Gasteiger charge is -2.18. The predicted molar refractivity (Wildman–Crippen MR) is 70.3 cm³/mol. The van der Waals surface area contributed by atoms with Crippen molar-refractivity contribution in [2.24, 2.45) is 4.40 Å². The molecule has 1 fully saturated rings. The van der Waals surface area contributed by atoms with E-state index in [1.54, 1.807) is 24.3 Å². The molecule has 1 atom stereocenters. The maximum absolute atomic E-state index is 12.0. The van der Waals surface area contributed by atoms with E-state index < -0.39 is 16.1 Å². The average Bonchev–Trinajstić information content (AvgIpc) is 2.29. The van der Waals surface area contributed by atoms with E-state index in [0.29, 0.717) is 18.6 Å². The summed E-state index contributed by atoms with van der Waals surface area (Å²) in [4.78, 5) is 0.209. The summed E-state index contributed by atoms with van der Waals surface area (Å²) < 4.78 is 27.9. The number of aryl methyl sites for hydroxylation is 1. The van der Waals surface area contributed by atoms with Crippen molar-refractivity contribution in [3.8, 4) is 0 Å². The first kappa shape index (κ1) is 13.2. The van der Waals surface area contributed by atoms with Gasteiger partial charge in [-0.1, -0.05) is 17.7 Å². The van der Waals surface area contributed by atoms with Crippen molar-refractivity contribution in [3.63, 3.8) is 0 Å². The lowest BCUT2D eigenvalue weighted by Crippen LogP contribution is -2.20. The van der Waals surface area contributed by atoms with Crippen molar-refractivity contribution in [3.05, 3.63) is 29.8 Å². The van der Waals surface area contributed by atoms with Crippen molar-refractivity contribution in [2.45, 2.75) is 43.6 Å². The van der Waals surface area contributed by atoms with E-state index in [9.17, 15) is 13.5 Å². The Labute approximate surface area is 107 Å². The molecule has 0 aromatic heterocycles. The summed E-state index contributed by atoms with van der Waals surface area (Å²) >= 11 is 0. The van der Waals surface area contributed by atoms with E-state index in [1.165, 1.54) is 0 Å². The van der Waals surface area contributed by atoms with Crippen molar-refractivity contribution in [1.82, 2.24) is 0 Å². The summed E-state index contributed by atoms with van der Waals surface area (Å²) in [6.07, 6.45) is 2.09. The lowest BCUT2D eigenvalue weighted by atomic mass is 9.96. The van der Waals surface area contributed by atoms with Crippen molar-refractivity contribution >= 4 is 15.7 Å². The smallest absolute Gasteiger partial charge is 0.282 e. The van der Waals surface area contributed by atoms with Gasteiger partial charge in [-0.05, 0) is 38.3 Å². The summed E-state index contributed by atoms with van der Waals surface area (Å²) in [5.41, 5.74) is 1.59. The number of nitrogens with zero attached hydrogens (tertiary/aromatic N) is 1. The van der Waals surface area contributed by atoms with Gasteiger partial charge < -0.3 is 5.11 Å². The van der Waals surface area contributed by atoms with Gasteiger partial charge in [0.1, 0.15) is 0 Å². The minimum absolute atomic E-state index is 0.209. The fraction of sp³-hybridized carbons (Fsp3) is 0.462. The molecule has 98 valence electrons. The van der Waals surface area contributed by atoms with Gasteiger partial charge in [0.15, 0.2) is 0 Å². The second-order valence-electron chi connectivity index (χ2n) is 4.70. The van der Waals surface area contributed by atoms with E-state index in [-0.39, 0.29) is 4.90 Å². The fourth-order valence-electron chi connectivity index (χ4n) is 2.03. The predicted octanol–water partition coefficient (Wildman–Crippen LogP) is 2.06. The topological polar surface area (TPSA) is 66.7 Å². The van der Waals surface area contributed by atoms with Gasteiger partial charge >= 0.3 is 0 Å². The number of hydrogen-bond donors (Lipinski definition) is 1. The normalized spacial score (nSPS) is 23.2. The van der Waals surface area contributed by atoms with Crippen LogP contribution in [0.2, 0.25) is 0 Å². The molecule has 4 nitrogen and oxygen atoms in total. The number of aliphatic hydroxyl groups is 1. The van der Waals surface area contributed by atoms with E-state index >= 15 is 0 Å². The van der Waals surface area contributed by atoms with Gasteiger partial charge in [0, 0.05) is 12.1 Å². The van der Waals surface area contributed by atoms with Crippen LogP contribution in [0.5, 0.6) is 0 Å². The fourth-order valence-corrected chi connectivity index (χ4v) is 3.12. The number of hydrogen-bond acceptors (Lipinski definition) is 3. The first-order valence-corrected chi connectivity index (χ1v) is 7.49. The van der Waals surface area contributed by atoms with E-state index in [1.807, 2.05) is 6.92 Å². The number of benzene rings is 1. The largest absolute Gasteiger partial charge is 0.393 e. The average molecular weight is 267 g/mol. The van der Waals surface area contributed by atoms with Gasteiger partial charge in [0.2, 0.25) is 0 Å². The highest BCUT2D eigenvalue weighted by Gasteiger charge is 2.19. The Bertz CT molecular complexity index is 546. The molecule has 1 N–H and O–H groups in total. The molecule has 0 aliphatic heterocycles. The highest BCUT2D eigenvalue weighted by atomic mass is 32.2. The third-order valence-corrected chi connectivity index (χ3v) is 4.41. The van der Waals surface area contributed by atoms with Crippen molar-refractivity contribution in [1.29, 1.82) is 0 Å². The molecule has 0 bridgehead atoms. The second kappa shape index (κ2) is 5.20. The molecule has 1 aromatic rings. The Morgan fingerprint density at radius 1 is 1.28 bits per heavy atom. The molecule has 18 heavy (non-hydrogen) atoms. The summed E-state index contributed by atoms with van der Waals surface area (Å²) in [5.74, 6) is 0. The molecule has 0 amide bonds. The molecule has 0 radical (unpaired) electrons. The van der Waals surface area contributed by atoms with Gasteiger partial charge in [-0.3, -0.25) is 0 Å². The Hall–Kier alpha value is -1.20. The summed E-state index contributed by atoms with van der Waals surface area (Å²) in [6.45, 7) is 1.90. The second-order valence-corrected chi connectivity index (χ2v) is 6.30. The Balaban J connectivity index is 2.26. The number of sulfonamides is 1. The summed E-state index contributed by atoms with van der Waals surface area (Å²) in [6, 6.07) is 6.63. The highest BCUT2D eigenvalue weighted by Crippen LogP contribution is 2.20. The van der Waals surface area contributed by atoms with Crippen LogP contribution in [0, 0.1) is 6.92 Å². The zero-order valence-electron chi connectivity index (χ0n) is 10.3. The van der Waals surface area contributed by atoms with Crippen LogP contribution in [0.3, 0.4) is 0 Å². The Kier molecular flexibility index (Phi) is 3.82. The lowest BCUT2D eigenvalue weighted by molar-refractivity contribution is 0.162. The van der Waals surface area contributed by atoms with Crippen LogP contribution in [0.1, 0.15) is 31.2 Å². The third kappa shape index (κ3) is 3.17. The van der Waals surface area contributed by atoms with Crippen LogP contribution < -0.4 is 0 Å². The molecular weight excluding hydrogens is 250 g/mol. The number of aliphatic hydroxyl groups excluding tert-OH is 1. The van der Waals surface area contributed by atoms with Crippen LogP contribution in [-0.2, 0) is 10.0 Å². The molecule has 1 aliphatic rings. The first-order chi connectivity index (χ1) is 8.47. The standard InChI is InChI=1S/C13H17NO3S/c1-10-5-7-13(8-6-10)18(16,17)14-11-3-2-4-12(15)9-11/h5-8,12,15H,2-4,9H2,1H3/b14-11+/t12-/m0/s1. The molecule has 1 aliphatic carbocycles. The molecule has 1 saturated carbocycles. The molecule has 5 heteroatoms. The zero-order chi connectivity index (χ0) is 13.2. The molecule has 1 aromatic carbocycles. The molecule has 0 unspecified atom stereocenters. The first-order valence-electron chi connectivity index (χ1n) is 6.05. The maximum atomic E-state index is 12.0. The van der Waals surface area contributed by atoms with E-state index in [0.717, 1.165) is 18.4 Å². The van der Waals surface area contributed by atoms with Crippen LogP contribution in [0.4, 0.5) is 0 Å². The van der Waals surface area contributed by atoms with Gasteiger partial charge in [0.05, 0.1) is 11.0 Å². The summed E-state index contributed by atoms with van der Waals surface area (Å²) in [5, 5.41) is 9.51. The monoisotopic (exact) mass is 267 g/mol. The van der Waals surface area contributed by atoms with Crippen LogP contribution >= 0.6 is 0 Å². The van der Waals surface area contributed by atoms with Gasteiger partial charge in [0.25, 0.3) is 10.0 Å². The Morgan fingerprint density at radius 2 is 1.94 bits per heavy atom. The highest BCUT2D eigenvalue weighted by molar-refractivity contribution is 7.90. The minimum Gasteiger partial charge on any atom is -0.393 e. The van der Waals surface area contributed by atoms with Crippen LogP contribution in [0.15, 0.2) is 33.6 Å². The van der Waals surface area contributed by atoms with E-state index in [2.05, 4.69) is 4.40 Å². The zero-order valence-corrected chi connectivity index (χ0v) is 11.2. The van der Waals surface area contributed by atoms with Crippen molar-refractivity contribution in [2.75, 3.05) is 0 Å². The van der Waals surface area contributed by atoms with Gasteiger partial charge in [-0.15, -0.1) is 0 Å². The number of rotatable bonds is 2. The van der Waals surface area contributed by atoms with E-state index in [4.69, 9.17) is 0 Å². The summed E-state index contributed by atoms with van der Waals surface area (Å²) in [7, 11) is -3.62. The molecule has 0 spiro atoms. The SMILES string of the molecule is Cc1ccc(S(=O)(=O)/N=C2\CCC[C@H](O)C2)cc1. The maximum Gasteiger partial charge on any atom is 0.282 e. The van der Waals surface area contributed by atoms with Crippen LogP contribution in [-0.4, -0.2) is 25.3 Å². The van der Waals surface area contributed by atoms with Crippen LogP contribution in [0.25, 0.3) is 0 Å². The van der Waals surface area contributed by atoms with Gasteiger partial charge in [-0.2, -0.15) is 12.8 Å². The molecule has 2 rings (SSSR count). The van der Waals surface area contributed by atoms with Crippen molar-refractivity contribution < 1.29 is 13.5 Å². The molecule has 0 heterocycles. The molecular formula is C13H17NO3S.